The van der Waals surface area contributed by atoms with Gasteiger partial charge in [0.1, 0.15) is 5.82 Å². The Bertz CT molecular complexity index is 830. The number of aromatic nitrogens is 3. The van der Waals surface area contributed by atoms with Crippen molar-refractivity contribution in [3.05, 3.63) is 48.1 Å². The smallest absolute Gasteiger partial charge is 0.275 e. The average molecular weight is 373 g/mol. The third-order valence-corrected chi connectivity index (χ3v) is 5.46. The minimum absolute atomic E-state index is 0.0676. The molecule has 0 N–H and O–H groups in total. The van der Waals surface area contributed by atoms with Gasteiger partial charge in [-0.05, 0) is 31.7 Å². The molecule has 0 saturated carbocycles. The molecule has 2 aliphatic rings. The van der Waals surface area contributed by atoms with Crippen molar-refractivity contribution in [2.75, 3.05) is 31.1 Å². The fraction of sp³-hybridized carbons (Fsp3) is 0.474. The lowest BCUT2D eigenvalue weighted by Gasteiger charge is -2.48. The van der Waals surface area contributed by atoms with Gasteiger partial charge in [0.15, 0.2) is 11.5 Å². The number of nitrogens with zero attached hydrogens (tertiary/aromatic N) is 5. The lowest BCUT2D eigenvalue weighted by atomic mass is 9.73. The number of anilines is 1. The summed E-state index contributed by atoms with van der Waals surface area (Å²) < 4.78 is 27.1. The van der Waals surface area contributed by atoms with E-state index in [9.17, 15) is 13.6 Å². The second-order valence-corrected chi connectivity index (χ2v) is 7.39. The maximum Gasteiger partial charge on any atom is 0.275 e. The second kappa shape index (κ2) is 7.17. The Balaban J connectivity index is 1.52. The monoisotopic (exact) mass is 373 g/mol. The molecule has 2 aromatic rings. The molecule has 2 saturated heterocycles. The van der Waals surface area contributed by atoms with Crippen molar-refractivity contribution in [1.29, 1.82) is 0 Å². The number of rotatable bonds is 2. The Labute approximate surface area is 156 Å². The van der Waals surface area contributed by atoms with Gasteiger partial charge in [0, 0.05) is 50.1 Å². The molecule has 2 fully saturated rings. The molecular weight excluding hydrogens is 352 g/mol. The van der Waals surface area contributed by atoms with Crippen molar-refractivity contribution in [2.24, 2.45) is 5.41 Å². The topological polar surface area (TPSA) is 62.2 Å². The van der Waals surface area contributed by atoms with E-state index in [1.165, 1.54) is 0 Å². The van der Waals surface area contributed by atoms with Crippen LogP contribution in [0, 0.1) is 17.0 Å². The van der Waals surface area contributed by atoms with Crippen LogP contribution >= 0.6 is 0 Å². The molecule has 0 bridgehead atoms. The first-order chi connectivity index (χ1) is 13.1. The molecule has 8 heteroatoms. The molecule has 1 atom stereocenters. The highest BCUT2D eigenvalue weighted by Crippen LogP contribution is 2.39. The van der Waals surface area contributed by atoms with Crippen LogP contribution in [-0.4, -0.2) is 51.9 Å². The van der Waals surface area contributed by atoms with Gasteiger partial charge in [-0.15, -0.1) is 0 Å². The number of amides is 1. The zero-order valence-corrected chi connectivity index (χ0v) is 14.9. The van der Waals surface area contributed by atoms with Crippen molar-refractivity contribution < 1.29 is 13.6 Å². The molecule has 0 aliphatic carbocycles. The fourth-order valence-corrected chi connectivity index (χ4v) is 4.27. The van der Waals surface area contributed by atoms with Gasteiger partial charge in [-0.1, -0.05) is 0 Å². The predicted octanol–water partition coefficient (Wildman–Crippen LogP) is 2.67. The first-order valence-corrected chi connectivity index (χ1v) is 9.19. The summed E-state index contributed by atoms with van der Waals surface area (Å²) in [5, 5.41) is 0. The summed E-state index contributed by atoms with van der Waals surface area (Å²) >= 11 is 0. The van der Waals surface area contributed by atoms with E-state index < -0.39 is 17.5 Å². The lowest BCUT2D eigenvalue weighted by Crippen LogP contribution is -2.54. The van der Waals surface area contributed by atoms with E-state index in [2.05, 4.69) is 19.9 Å². The van der Waals surface area contributed by atoms with Crippen molar-refractivity contribution in [2.45, 2.75) is 25.7 Å². The van der Waals surface area contributed by atoms with E-state index in [1.54, 1.807) is 23.4 Å². The molecule has 4 heterocycles. The van der Waals surface area contributed by atoms with Crippen LogP contribution < -0.4 is 4.90 Å². The van der Waals surface area contributed by atoms with Crippen molar-refractivity contribution in [1.82, 2.24) is 19.9 Å². The van der Waals surface area contributed by atoms with Gasteiger partial charge in [0.2, 0.25) is 5.95 Å². The van der Waals surface area contributed by atoms with Gasteiger partial charge in [-0.25, -0.2) is 23.7 Å². The third-order valence-electron chi connectivity index (χ3n) is 5.46. The van der Waals surface area contributed by atoms with Crippen molar-refractivity contribution >= 4 is 11.9 Å². The van der Waals surface area contributed by atoms with Crippen LogP contribution in [0.2, 0.25) is 0 Å². The number of halogens is 2. The Hall–Kier alpha value is -2.64. The summed E-state index contributed by atoms with van der Waals surface area (Å²) in [6.45, 7) is 2.74. The van der Waals surface area contributed by atoms with Crippen LogP contribution in [-0.2, 0) is 0 Å². The first-order valence-electron chi connectivity index (χ1n) is 9.19. The quantitative estimate of drug-likeness (QED) is 0.810. The molecule has 2 aromatic heterocycles. The van der Waals surface area contributed by atoms with Gasteiger partial charge >= 0.3 is 0 Å². The van der Waals surface area contributed by atoms with Crippen LogP contribution in [0.15, 0.2) is 30.7 Å². The Morgan fingerprint density at radius 2 is 1.78 bits per heavy atom. The fourth-order valence-electron chi connectivity index (χ4n) is 4.27. The molecule has 142 valence electrons. The molecule has 4 rings (SSSR count). The number of carbonyl (C=O) groups is 1. The molecule has 1 amide bonds. The van der Waals surface area contributed by atoms with Crippen molar-refractivity contribution in [3.63, 3.8) is 0 Å². The highest BCUT2D eigenvalue weighted by Gasteiger charge is 2.41. The number of carbonyl (C=O) groups excluding carboxylic acids is 1. The second-order valence-electron chi connectivity index (χ2n) is 7.39. The van der Waals surface area contributed by atoms with E-state index in [-0.39, 0.29) is 11.1 Å². The SMILES string of the molecule is O=C(c1ncc(F)cc1F)N1CCCC2(CCCN(c3ncccn3)C2)C1. The maximum absolute atomic E-state index is 14.0. The summed E-state index contributed by atoms with van der Waals surface area (Å²) in [6, 6.07) is 2.49. The predicted molar refractivity (Wildman–Crippen MR) is 95.2 cm³/mol. The van der Waals surface area contributed by atoms with Crippen LogP contribution in [0.5, 0.6) is 0 Å². The highest BCUT2D eigenvalue weighted by atomic mass is 19.1. The normalized spacial score (nSPS) is 22.9. The van der Waals surface area contributed by atoms with Gasteiger partial charge < -0.3 is 9.80 Å². The van der Waals surface area contributed by atoms with E-state index in [4.69, 9.17) is 0 Å². The van der Waals surface area contributed by atoms with E-state index in [1.807, 2.05) is 0 Å². The standard InChI is InChI=1S/C19H21F2N5O/c20-14-10-15(21)16(24-11-14)17(27)25-8-1-4-19(12-25)5-2-9-26(13-19)18-22-6-3-7-23-18/h3,6-7,10-11H,1-2,4-5,8-9,12-13H2. The van der Waals surface area contributed by atoms with Crippen LogP contribution in [0.4, 0.5) is 14.7 Å². The Morgan fingerprint density at radius 1 is 1.04 bits per heavy atom. The summed E-state index contributed by atoms with van der Waals surface area (Å²) in [7, 11) is 0. The Morgan fingerprint density at radius 3 is 2.52 bits per heavy atom. The Kier molecular flexibility index (Phi) is 4.72. The number of piperidine rings is 2. The largest absolute Gasteiger partial charge is 0.340 e. The molecular formula is C19H21F2N5O. The molecule has 0 radical (unpaired) electrons. The van der Waals surface area contributed by atoms with Gasteiger partial charge in [0.25, 0.3) is 5.91 Å². The highest BCUT2D eigenvalue weighted by molar-refractivity contribution is 5.92. The number of likely N-dealkylation sites (tertiary alicyclic amines) is 1. The molecule has 1 unspecified atom stereocenters. The van der Waals surface area contributed by atoms with Gasteiger partial charge in [-0.3, -0.25) is 4.79 Å². The summed E-state index contributed by atoms with van der Waals surface area (Å²) in [5.74, 6) is -1.47. The van der Waals surface area contributed by atoms with Crippen LogP contribution in [0.1, 0.15) is 36.2 Å². The number of hydrogen-bond acceptors (Lipinski definition) is 5. The summed E-state index contributed by atoms with van der Waals surface area (Å²) in [6.07, 6.45) is 8.16. The summed E-state index contributed by atoms with van der Waals surface area (Å²) in [5.41, 5.74) is -0.380. The molecule has 1 spiro atoms. The number of pyridine rings is 1. The zero-order chi connectivity index (χ0) is 18.9. The summed E-state index contributed by atoms with van der Waals surface area (Å²) in [4.78, 5) is 28.9. The van der Waals surface area contributed by atoms with Crippen molar-refractivity contribution in [3.8, 4) is 0 Å². The molecule has 6 nitrogen and oxygen atoms in total. The number of hydrogen-bond donors (Lipinski definition) is 0. The molecule has 2 aliphatic heterocycles. The zero-order valence-electron chi connectivity index (χ0n) is 14.9. The van der Waals surface area contributed by atoms with Gasteiger partial charge in [0.05, 0.1) is 6.20 Å². The first kappa shape index (κ1) is 17.8. The minimum atomic E-state index is -0.914. The van der Waals surface area contributed by atoms with Crippen LogP contribution in [0.3, 0.4) is 0 Å². The van der Waals surface area contributed by atoms with E-state index in [0.717, 1.165) is 45.0 Å². The molecule has 0 aromatic carbocycles. The average Bonchev–Trinajstić information content (AvgIpc) is 2.68. The van der Waals surface area contributed by atoms with E-state index >= 15 is 0 Å². The van der Waals surface area contributed by atoms with Gasteiger partial charge in [-0.2, -0.15) is 0 Å². The lowest BCUT2D eigenvalue weighted by molar-refractivity contribution is 0.0455. The van der Waals surface area contributed by atoms with E-state index in [0.29, 0.717) is 25.1 Å². The van der Waals surface area contributed by atoms with Crippen LogP contribution in [0.25, 0.3) is 0 Å². The third kappa shape index (κ3) is 3.61. The maximum atomic E-state index is 14.0. The minimum Gasteiger partial charge on any atom is -0.340 e. The molecule has 27 heavy (non-hydrogen) atoms.